The number of hydrogen-bond acceptors (Lipinski definition) is 6. The van der Waals surface area contributed by atoms with E-state index in [4.69, 9.17) is 9.84 Å². The zero-order valence-corrected chi connectivity index (χ0v) is 9.67. The van der Waals surface area contributed by atoms with Gasteiger partial charge in [0.1, 0.15) is 17.5 Å². The number of nitrogens with one attached hydrogen (secondary N) is 1. The molecule has 5 nitrogen and oxygen atoms in total. The first kappa shape index (κ1) is 12.2. The summed E-state index contributed by atoms with van der Waals surface area (Å²) >= 11 is 1.49. The summed E-state index contributed by atoms with van der Waals surface area (Å²) in [6.07, 6.45) is 0. The molecule has 0 aliphatic heterocycles. The number of ether oxygens (including phenoxy) is 1. The van der Waals surface area contributed by atoms with Crippen LogP contribution in [-0.2, 0) is 11.3 Å². The van der Waals surface area contributed by atoms with Gasteiger partial charge in [0.25, 0.3) is 0 Å². The molecular weight excluding hydrogens is 214 g/mol. The van der Waals surface area contributed by atoms with E-state index in [1.807, 2.05) is 6.07 Å². The topological polar surface area (TPSA) is 67.3 Å². The molecular formula is C9H15N3O2S. The van der Waals surface area contributed by atoms with Gasteiger partial charge in [-0.2, -0.15) is 0 Å². The first-order valence-electron chi connectivity index (χ1n) is 4.58. The molecule has 0 aliphatic rings. The molecule has 1 aromatic heterocycles. The smallest absolute Gasteiger partial charge is 0.157 e. The van der Waals surface area contributed by atoms with E-state index < -0.39 is 0 Å². The predicted molar refractivity (Wildman–Crippen MR) is 60.1 cm³/mol. The van der Waals surface area contributed by atoms with Crippen LogP contribution in [0.3, 0.4) is 0 Å². The second kappa shape index (κ2) is 6.60. The van der Waals surface area contributed by atoms with Gasteiger partial charge in [0.15, 0.2) is 5.82 Å². The molecule has 0 bridgehead atoms. The van der Waals surface area contributed by atoms with Gasteiger partial charge in [-0.15, -0.1) is 11.8 Å². The summed E-state index contributed by atoms with van der Waals surface area (Å²) in [6.45, 7) is 0.533. The van der Waals surface area contributed by atoms with Crippen molar-refractivity contribution in [3.63, 3.8) is 0 Å². The summed E-state index contributed by atoms with van der Waals surface area (Å²) in [5, 5.41) is 12.5. The second-order valence-corrected chi connectivity index (χ2v) is 3.88. The Hall–Kier alpha value is -0.850. The van der Waals surface area contributed by atoms with Crippen LogP contribution >= 0.6 is 11.8 Å². The van der Waals surface area contributed by atoms with Gasteiger partial charge in [0.05, 0.1) is 6.61 Å². The second-order valence-electron chi connectivity index (χ2n) is 2.76. The first-order valence-corrected chi connectivity index (χ1v) is 5.57. The van der Waals surface area contributed by atoms with Gasteiger partial charge >= 0.3 is 0 Å². The van der Waals surface area contributed by atoms with Crippen molar-refractivity contribution in [3.8, 4) is 0 Å². The number of rotatable bonds is 6. The van der Waals surface area contributed by atoms with Crippen LogP contribution in [-0.4, -0.2) is 41.6 Å². The zero-order chi connectivity index (χ0) is 11.1. The molecule has 6 heteroatoms. The highest BCUT2D eigenvalue weighted by Crippen LogP contribution is 2.18. The normalized spacial score (nSPS) is 10.3. The number of nitrogens with zero attached hydrogens (tertiary/aromatic N) is 2. The van der Waals surface area contributed by atoms with Crippen LogP contribution in [0.4, 0.5) is 5.82 Å². The van der Waals surface area contributed by atoms with E-state index in [-0.39, 0.29) is 6.61 Å². The molecule has 1 aromatic rings. The Kier molecular flexibility index (Phi) is 5.38. The lowest BCUT2D eigenvalue weighted by atomic mass is 10.5. The molecule has 0 radical (unpaired) electrons. The Bertz CT molecular complexity index is 309. The Labute approximate surface area is 93.3 Å². The maximum Gasteiger partial charge on any atom is 0.157 e. The van der Waals surface area contributed by atoms with Gasteiger partial charge in [-0.1, -0.05) is 0 Å². The fraction of sp³-hybridized carbons (Fsp3) is 0.556. The standard InChI is InChI=1S/C9H15N3O2S/c1-10-7-5-9(15-4-3-13)12-8(11-7)6-14-2/h5,13H,3-4,6H2,1-2H3,(H,10,11,12). The largest absolute Gasteiger partial charge is 0.396 e. The lowest BCUT2D eigenvalue weighted by Gasteiger charge is -2.06. The monoisotopic (exact) mass is 229 g/mol. The van der Waals surface area contributed by atoms with Crippen molar-refractivity contribution in [2.45, 2.75) is 11.6 Å². The molecule has 84 valence electrons. The number of hydrogen-bond donors (Lipinski definition) is 2. The summed E-state index contributed by atoms with van der Waals surface area (Å²) in [5.41, 5.74) is 0. The third-order valence-electron chi connectivity index (χ3n) is 1.62. The maximum absolute atomic E-state index is 8.72. The van der Waals surface area contributed by atoms with Crippen LogP contribution in [0.1, 0.15) is 5.82 Å². The van der Waals surface area contributed by atoms with Crippen molar-refractivity contribution >= 4 is 17.6 Å². The van der Waals surface area contributed by atoms with Crippen molar-refractivity contribution in [2.24, 2.45) is 0 Å². The van der Waals surface area contributed by atoms with Gasteiger partial charge in [0.2, 0.25) is 0 Å². The predicted octanol–water partition coefficient (Wildman–Crippen LogP) is 0.749. The summed E-state index contributed by atoms with van der Waals surface area (Å²) in [4.78, 5) is 8.51. The summed E-state index contributed by atoms with van der Waals surface area (Å²) in [5.74, 6) is 2.04. The van der Waals surface area contributed by atoms with E-state index in [1.165, 1.54) is 11.8 Å². The van der Waals surface area contributed by atoms with E-state index >= 15 is 0 Å². The third-order valence-corrected chi connectivity index (χ3v) is 2.51. The van der Waals surface area contributed by atoms with Crippen molar-refractivity contribution in [1.82, 2.24) is 9.97 Å². The van der Waals surface area contributed by atoms with Gasteiger partial charge < -0.3 is 15.2 Å². The summed E-state index contributed by atoms with van der Waals surface area (Å²) in [6, 6.07) is 1.85. The molecule has 0 amide bonds. The molecule has 1 rings (SSSR count). The van der Waals surface area contributed by atoms with Crippen LogP contribution in [0.25, 0.3) is 0 Å². The highest BCUT2D eigenvalue weighted by molar-refractivity contribution is 7.99. The summed E-state index contributed by atoms with van der Waals surface area (Å²) < 4.78 is 4.98. The highest BCUT2D eigenvalue weighted by Gasteiger charge is 2.03. The van der Waals surface area contributed by atoms with E-state index in [0.717, 1.165) is 10.8 Å². The van der Waals surface area contributed by atoms with Crippen molar-refractivity contribution < 1.29 is 9.84 Å². The molecule has 0 saturated heterocycles. The lowest BCUT2D eigenvalue weighted by molar-refractivity contribution is 0.177. The fourth-order valence-corrected chi connectivity index (χ4v) is 1.68. The lowest BCUT2D eigenvalue weighted by Crippen LogP contribution is -2.02. The minimum Gasteiger partial charge on any atom is -0.396 e. The molecule has 15 heavy (non-hydrogen) atoms. The number of aliphatic hydroxyl groups excluding tert-OH is 1. The van der Waals surface area contributed by atoms with Crippen molar-refractivity contribution in [2.75, 3.05) is 31.8 Å². The minimum atomic E-state index is 0.142. The first-order chi connectivity index (χ1) is 7.30. The Morgan fingerprint density at radius 3 is 2.93 bits per heavy atom. The average Bonchev–Trinajstić information content (AvgIpc) is 2.26. The number of methoxy groups -OCH3 is 1. The SMILES string of the molecule is CNc1cc(SCCO)nc(COC)n1. The maximum atomic E-state index is 8.72. The zero-order valence-electron chi connectivity index (χ0n) is 8.86. The summed E-state index contributed by atoms with van der Waals surface area (Å²) in [7, 11) is 3.41. The van der Waals surface area contributed by atoms with Crippen LogP contribution < -0.4 is 5.32 Å². The number of aliphatic hydroxyl groups is 1. The van der Waals surface area contributed by atoms with Gasteiger partial charge in [-0.05, 0) is 0 Å². The molecule has 0 atom stereocenters. The molecule has 0 saturated carbocycles. The quantitative estimate of drug-likeness (QED) is 0.554. The Morgan fingerprint density at radius 1 is 1.53 bits per heavy atom. The number of aromatic nitrogens is 2. The van der Waals surface area contributed by atoms with Crippen LogP contribution in [0, 0.1) is 0 Å². The number of thioether (sulfide) groups is 1. The Morgan fingerprint density at radius 2 is 2.33 bits per heavy atom. The highest BCUT2D eigenvalue weighted by atomic mass is 32.2. The van der Waals surface area contributed by atoms with E-state index in [2.05, 4.69) is 15.3 Å². The molecule has 0 fully saturated rings. The average molecular weight is 229 g/mol. The van der Waals surface area contributed by atoms with Crippen molar-refractivity contribution in [3.05, 3.63) is 11.9 Å². The van der Waals surface area contributed by atoms with Crippen LogP contribution in [0.2, 0.25) is 0 Å². The van der Waals surface area contributed by atoms with Gasteiger partial charge in [0, 0.05) is 26.0 Å². The van der Waals surface area contributed by atoms with E-state index in [1.54, 1.807) is 14.2 Å². The van der Waals surface area contributed by atoms with Crippen LogP contribution in [0.5, 0.6) is 0 Å². The van der Waals surface area contributed by atoms with Crippen molar-refractivity contribution in [1.29, 1.82) is 0 Å². The van der Waals surface area contributed by atoms with Gasteiger partial charge in [-0.25, -0.2) is 9.97 Å². The fourth-order valence-electron chi connectivity index (χ4n) is 1.02. The van der Waals surface area contributed by atoms with Gasteiger partial charge in [-0.3, -0.25) is 0 Å². The molecule has 1 heterocycles. The molecule has 2 N–H and O–H groups in total. The molecule has 0 aromatic carbocycles. The van der Waals surface area contributed by atoms with E-state index in [0.29, 0.717) is 18.2 Å². The third kappa shape index (κ3) is 4.03. The molecule has 0 unspecified atom stereocenters. The molecule has 0 spiro atoms. The van der Waals surface area contributed by atoms with Crippen LogP contribution in [0.15, 0.2) is 11.1 Å². The minimum absolute atomic E-state index is 0.142. The molecule has 0 aliphatic carbocycles. The Balaban J connectivity index is 2.79. The number of anilines is 1. The van der Waals surface area contributed by atoms with E-state index in [9.17, 15) is 0 Å².